The predicted octanol–water partition coefficient (Wildman–Crippen LogP) is 1.24. The molecule has 0 aromatic carbocycles. The Balaban J connectivity index is 2.27. The lowest BCUT2D eigenvalue weighted by molar-refractivity contribution is 0.371. The molecular formula is C13H16N4O. The van der Waals surface area contributed by atoms with Crippen LogP contribution in [0.3, 0.4) is 0 Å². The van der Waals surface area contributed by atoms with Gasteiger partial charge >= 0.3 is 0 Å². The topological polar surface area (TPSA) is 55.6 Å². The van der Waals surface area contributed by atoms with Crippen LogP contribution in [0.1, 0.15) is 12.8 Å². The summed E-state index contributed by atoms with van der Waals surface area (Å²) in [5.41, 5.74) is 6.67. The van der Waals surface area contributed by atoms with Gasteiger partial charge < -0.3 is 15.5 Å². The van der Waals surface area contributed by atoms with Crippen LogP contribution in [0.5, 0.6) is 0 Å². The highest BCUT2D eigenvalue weighted by Crippen LogP contribution is 2.17. The maximum atomic E-state index is 11.9. The summed E-state index contributed by atoms with van der Waals surface area (Å²) in [6.07, 6.45) is 5.56. The summed E-state index contributed by atoms with van der Waals surface area (Å²) >= 11 is 0. The first-order valence-electron chi connectivity index (χ1n) is 5.98. The van der Waals surface area contributed by atoms with E-state index in [4.69, 9.17) is 12.3 Å². The van der Waals surface area contributed by atoms with E-state index in [2.05, 4.69) is 9.74 Å². The first-order chi connectivity index (χ1) is 8.72. The number of anilines is 1. The predicted molar refractivity (Wildman–Crippen MR) is 71.7 cm³/mol. The molecule has 0 saturated carbocycles. The molecule has 0 spiro atoms. The van der Waals surface area contributed by atoms with E-state index < -0.39 is 0 Å². The van der Waals surface area contributed by atoms with Crippen LogP contribution in [0.2, 0.25) is 0 Å². The van der Waals surface area contributed by atoms with E-state index in [0.717, 1.165) is 25.1 Å². The number of hydrogen-bond donors (Lipinski definition) is 1. The van der Waals surface area contributed by atoms with Crippen LogP contribution >= 0.6 is 0 Å². The van der Waals surface area contributed by atoms with Gasteiger partial charge in [-0.15, -0.1) is 0 Å². The van der Waals surface area contributed by atoms with Crippen LogP contribution in [0, 0.1) is 6.57 Å². The molecular weight excluding hydrogens is 228 g/mol. The monoisotopic (exact) mass is 244 g/mol. The molecule has 5 nitrogen and oxygen atoms in total. The third-order valence-electron chi connectivity index (χ3n) is 2.99. The minimum absolute atomic E-state index is 0.171. The molecule has 0 unspecified atom stereocenters. The van der Waals surface area contributed by atoms with E-state index >= 15 is 0 Å². The summed E-state index contributed by atoms with van der Waals surface area (Å²) in [6.45, 7) is 8.94. The van der Waals surface area contributed by atoms with Crippen LogP contribution in [0.25, 0.3) is 10.5 Å². The Labute approximate surface area is 106 Å². The van der Waals surface area contributed by atoms with E-state index in [-0.39, 0.29) is 11.2 Å². The average molecular weight is 244 g/mol. The zero-order chi connectivity index (χ0) is 13.0. The molecule has 0 aliphatic carbocycles. The fourth-order valence-electron chi connectivity index (χ4n) is 2.08. The van der Waals surface area contributed by atoms with Gasteiger partial charge in [-0.05, 0) is 25.0 Å². The first kappa shape index (κ1) is 12.2. The molecule has 1 aliphatic rings. The number of aromatic nitrogens is 1. The molecule has 0 radical (unpaired) electrons. The Morgan fingerprint density at radius 3 is 3.11 bits per heavy atom. The van der Waals surface area contributed by atoms with Gasteiger partial charge in [0.05, 0.1) is 12.2 Å². The van der Waals surface area contributed by atoms with Gasteiger partial charge in [0.1, 0.15) is 0 Å². The van der Waals surface area contributed by atoms with Crippen molar-refractivity contribution in [2.24, 2.45) is 0 Å². The smallest absolute Gasteiger partial charge is 0.277 e. The highest BCUT2D eigenvalue weighted by Gasteiger charge is 2.13. The molecule has 0 bridgehead atoms. The van der Waals surface area contributed by atoms with Crippen molar-refractivity contribution in [3.05, 3.63) is 46.3 Å². The van der Waals surface area contributed by atoms with Crippen LogP contribution in [0.15, 0.2) is 29.3 Å². The minimum Gasteiger partial charge on any atom is -0.394 e. The van der Waals surface area contributed by atoms with Crippen molar-refractivity contribution in [1.82, 2.24) is 9.47 Å². The third-order valence-corrected chi connectivity index (χ3v) is 2.99. The number of nitrogens with zero attached hydrogens (tertiary/aromatic N) is 3. The zero-order valence-electron chi connectivity index (χ0n) is 10.2. The Kier molecular flexibility index (Phi) is 3.68. The van der Waals surface area contributed by atoms with Crippen molar-refractivity contribution >= 4 is 11.4 Å². The number of nitrogen functional groups attached to an aromatic ring is 1. The SMILES string of the molecule is [C-]#[N+]CCN1C=C(n2cccc(N)c2=O)CCC1. The second-order valence-corrected chi connectivity index (χ2v) is 4.28. The molecule has 2 rings (SSSR count). The molecule has 0 atom stereocenters. The average Bonchev–Trinajstić information content (AvgIpc) is 2.40. The fourth-order valence-corrected chi connectivity index (χ4v) is 2.08. The van der Waals surface area contributed by atoms with E-state index in [0.29, 0.717) is 13.1 Å². The lowest BCUT2D eigenvalue weighted by Crippen LogP contribution is -2.29. The lowest BCUT2D eigenvalue weighted by Gasteiger charge is -2.25. The highest BCUT2D eigenvalue weighted by atomic mass is 16.1. The van der Waals surface area contributed by atoms with Gasteiger partial charge in [0.2, 0.25) is 6.54 Å². The van der Waals surface area contributed by atoms with E-state index in [1.165, 1.54) is 0 Å². The second-order valence-electron chi connectivity index (χ2n) is 4.28. The molecule has 0 fully saturated rings. The number of allylic oxidation sites excluding steroid dienone is 1. The van der Waals surface area contributed by atoms with Gasteiger partial charge in [-0.25, -0.2) is 6.57 Å². The van der Waals surface area contributed by atoms with Gasteiger partial charge in [0.15, 0.2) is 0 Å². The maximum absolute atomic E-state index is 11.9. The molecule has 2 N–H and O–H groups in total. The molecule has 18 heavy (non-hydrogen) atoms. The second kappa shape index (κ2) is 5.41. The minimum atomic E-state index is -0.171. The number of rotatable bonds is 3. The van der Waals surface area contributed by atoms with Gasteiger partial charge in [0.25, 0.3) is 5.56 Å². The van der Waals surface area contributed by atoms with Crippen LogP contribution in [-0.4, -0.2) is 29.1 Å². The highest BCUT2D eigenvalue weighted by molar-refractivity contribution is 5.49. The van der Waals surface area contributed by atoms with Crippen molar-refractivity contribution in [2.75, 3.05) is 25.4 Å². The van der Waals surface area contributed by atoms with Gasteiger partial charge in [0, 0.05) is 24.6 Å². The Morgan fingerprint density at radius 1 is 1.50 bits per heavy atom. The van der Waals surface area contributed by atoms with Crippen LogP contribution in [0.4, 0.5) is 5.69 Å². The summed E-state index contributed by atoms with van der Waals surface area (Å²) in [7, 11) is 0. The fraction of sp³-hybridized carbons (Fsp3) is 0.385. The number of nitrogens with two attached hydrogens (primary N) is 1. The van der Waals surface area contributed by atoms with Crippen molar-refractivity contribution in [1.29, 1.82) is 0 Å². The van der Waals surface area contributed by atoms with Crippen molar-refractivity contribution in [3.8, 4) is 0 Å². The van der Waals surface area contributed by atoms with Gasteiger partial charge in [-0.2, -0.15) is 0 Å². The van der Waals surface area contributed by atoms with E-state index in [1.54, 1.807) is 22.9 Å². The van der Waals surface area contributed by atoms with Crippen molar-refractivity contribution in [3.63, 3.8) is 0 Å². The van der Waals surface area contributed by atoms with Gasteiger partial charge in [-0.1, -0.05) is 0 Å². The lowest BCUT2D eigenvalue weighted by atomic mass is 10.1. The molecule has 0 saturated heterocycles. The Morgan fingerprint density at radius 2 is 2.33 bits per heavy atom. The van der Waals surface area contributed by atoms with E-state index in [9.17, 15) is 4.79 Å². The Bertz CT molecular complexity index is 553. The summed E-state index contributed by atoms with van der Waals surface area (Å²) in [5, 5.41) is 0. The molecule has 5 heteroatoms. The summed E-state index contributed by atoms with van der Waals surface area (Å²) in [4.78, 5) is 17.4. The van der Waals surface area contributed by atoms with Gasteiger partial charge in [-0.3, -0.25) is 9.36 Å². The molecule has 1 aromatic rings. The number of pyridine rings is 1. The molecule has 1 aromatic heterocycles. The number of hydrogen-bond acceptors (Lipinski definition) is 3. The zero-order valence-corrected chi connectivity index (χ0v) is 10.2. The largest absolute Gasteiger partial charge is 0.394 e. The molecule has 1 aliphatic heterocycles. The summed E-state index contributed by atoms with van der Waals surface area (Å²) in [5.74, 6) is 0. The van der Waals surface area contributed by atoms with Crippen molar-refractivity contribution in [2.45, 2.75) is 12.8 Å². The molecule has 94 valence electrons. The molecule has 0 amide bonds. The summed E-state index contributed by atoms with van der Waals surface area (Å²) in [6, 6.07) is 3.38. The third kappa shape index (κ3) is 2.54. The van der Waals surface area contributed by atoms with Crippen LogP contribution in [-0.2, 0) is 0 Å². The quantitative estimate of drug-likeness (QED) is 0.814. The maximum Gasteiger partial charge on any atom is 0.277 e. The first-order valence-corrected chi connectivity index (χ1v) is 5.98. The molecule has 2 heterocycles. The van der Waals surface area contributed by atoms with Crippen molar-refractivity contribution < 1.29 is 0 Å². The standard InChI is InChI=1S/C13H16N4O/c1-15-6-9-16-7-2-4-11(10-16)17-8-3-5-12(14)13(17)18/h3,5,8,10H,2,4,6-7,9,14H2. The van der Waals surface area contributed by atoms with Crippen LogP contribution < -0.4 is 11.3 Å². The normalized spacial score (nSPS) is 15.1. The van der Waals surface area contributed by atoms with E-state index in [1.807, 2.05) is 6.20 Å². The Hall–Kier alpha value is -2.22. The summed E-state index contributed by atoms with van der Waals surface area (Å²) < 4.78 is 1.60.